The Labute approximate surface area is 101 Å². The maximum absolute atomic E-state index is 11.4. The number of hydrogen-bond donors (Lipinski definition) is 2. The van der Waals surface area contributed by atoms with Gasteiger partial charge in [0.2, 0.25) is 0 Å². The lowest BCUT2D eigenvalue weighted by molar-refractivity contribution is 0.100. The van der Waals surface area contributed by atoms with Crippen LogP contribution in [0.2, 0.25) is 0 Å². The Morgan fingerprint density at radius 1 is 1.53 bits per heavy atom. The molecule has 1 aliphatic rings. The SMILES string of the molecule is NCCCN(c1ncccc1C(N)=O)C1CC1. The second kappa shape index (κ2) is 5.14. The number of hydrogen-bond acceptors (Lipinski definition) is 4. The van der Waals surface area contributed by atoms with Crippen molar-refractivity contribution >= 4 is 11.7 Å². The van der Waals surface area contributed by atoms with Crippen molar-refractivity contribution in [2.75, 3.05) is 18.0 Å². The smallest absolute Gasteiger partial charge is 0.252 e. The van der Waals surface area contributed by atoms with Crippen LogP contribution in [0.5, 0.6) is 0 Å². The maximum Gasteiger partial charge on any atom is 0.252 e. The number of nitrogens with two attached hydrogens (primary N) is 2. The number of rotatable bonds is 6. The summed E-state index contributed by atoms with van der Waals surface area (Å²) < 4.78 is 0. The number of pyridine rings is 1. The van der Waals surface area contributed by atoms with Crippen molar-refractivity contribution in [1.82, 2.24) is 4.98 Å². The molecule has 17 heavy (non-hydrogen) atoms. The molecule has 0 spiro atoms. The van der Waals surface area contributed by atoms with Crippen molar-refractivity contribution in [2.24, 2.45) is 11.5 Å². The van der Waals surface area contributed by atoms with Crippen molar-refractivity contribution in [1.29, 1.82) is 0 Å². The molecule has 5 nitrogen and oxygen atoms in total. The van der Waals surface area contributed by atoms with Gasteiger partial charge in [0.15, 0.2) is 0 Å². The first-order chi connectivity index (χ1) is 8.24. The Kier molecular flexibility index (Phi) is 3.58. The van der Waals surface area contributed by atoms with Crippen LogP contribution in [0, 0.1) is 0 Å². The summed E-state index contributed by atoms with van der Waals surface area (Å²) in [4.78, 5) is 17.8. The molecule has 0 radical (unpaired) electrons. The quantitative estimate of drug-likeness (QED) is 0.750. The molecule has 0 aromatic carbocycles. The Hall–Kier alpha value is -1.62. The minimum absolute atomic E-state index is 0.425. The van der Waals surface area contributed by atoms with E-state index in [0.29, 0.717) is 24.0 Å². The van der Waals surface area contributed by atoms with Crippen LogP contribution in [0.3, 0.4) is 0 Å². The van der Waals surface area contributed by atoms with E-state index in [1.165, 1.54) is 0 Å². The van der Waals surface area contributed by atoms with Gasteiger partial charge in [-0.15, -0.1) is 0 Å². The summed E-state index contributed by atoms with van der Waals surface area (Å²) in [6.45, 7) is 1.47. The minimum atomic E-state index is -0.425. The summed E-state index contributed by atoms with van der Waals surface area (Å²) in [5.41, 5.74) is 11.4. The zero-order valence-corrected chi connectivity index (χ0v) is 9.80. The average Bonchev–Trinajstić information content (AvgIpc) is 3.14. The van der Waals surface area contributed by atoms with E-state index in [1.54, 1.807) is 18.3 Å². The third-order valence-electron chi connectivity index (χ3n) is 2.91. The molecule has 0 bridgehead atoms. The van der Waals surface area contributed by atoms with Gasteiger partial charge in [0, 0.05) is 18.8 Å². The summed E-state index contributed by atoms with van der Waals surface area (Å²) in [6, 6.07) is 3.95. The molecular formula is C12H18N4O. The average molecular weight is 234 g/mol. The highest BCUT2D eigenvalue weighted by Gasteiger charge is 2.31. The van der Waals surface area contributed by atoms with Crippen LogP contribution in [0.1, 0.15) is 29.6 Å². The molecule has 1 aliphatic carbocycles. The van der Waals surface area contributed by atoms with Gasteiger partial charge < -0.3 is 16.4 Å². The van der Waals surface area contributed by atoms with Crippen LogP contribution in [0.15, 0.2) is 18.3 Å². The van der Waals surface area contributed by atoms with Gasteiger partial charge in [-0.25, -0.2) is 4.98 Å². The standard InChI is InChI=1S/C12H18N4O/c13-6-2-8-16(9-4-5-9)12-10(11(14)17)3-1-7-15-12/h1,3,7,9H,2,4-6,8,13H2,(H2,14,17). The first kappa shape index (κ1) is 11.9. The first-order valence-corrected chi connectivity index (χ1v) is 5.95. The van der Waals surface area contributed by atoms with Gasteiger partial charge >= 0.3 is 0 Å². The van der Waals surface area contributed by atoms with Gasteiger partial charge in [0.25, 0.3) is 5.91 Å². The van der Waals surface area contributed by atoms with E-state index < -0.39 is 5.91 Å². The maximum atomic E-state index is 11.4. The number of amides is 1. The molecular weight excluding hydrogens is 216 g/mol. The number of primary amides is 1. The second-order valence-corrected chi connectivity index (χ2v) is 4.31. The number of nitrogens with zero attached hydrogens (tertiary/aromatic N) is 2. The third kappa shape index (κ3) is 2.74. The van der Waals surface area contributed by atoms with Crippen LogP contribution >= 0.6 is 0 Å². The van der Waals surface area contributed by atoms with Crippen molar-refractivity contribution in [3.05, 3.63) is 23.9 Å². The minimum Gasteiger partial charge on any atom is -0.365 e. The highest BCUT2D eigenvalue weighted by molar-refractivity contribution is 5.97. The molecule has 0 aliphatic heterocycles. The first-order valence-electron chi connectivity index (χ1n) is 5.95. The van der Waals surface area contributed by atoms with Crippen molar-refractivity contribution in [3.8, 4) is 0 Å². The molecule has 1 aromatic heterocycles. The number of carbonyl (C=O) groups is 1. The zero-order chi connectivity index (χ0) is 12.3. The Morgan fingerprint density at radius 3 is 2.88 bits per heavy atom. The van der Waals surface area contributed by atoms with E-state index in [9.17, 15) is 4.79 Å². The lowest BCUT2D eigenvalue weighted by Gasteiger charge is -2.24. The Morgan fingerprint density at radius 2 is 2.29 bits per heavy atom. The lowest BCUT2D eigenvalue weighted by atomic mass is 10.2. The zero-order valence-electron chi connectivity index (χ0n) is 9.80. The van der Waals surface area contributed by atoms with Crippen molar-refractivity contribution < 1.29 is 4.79 Å². The highest BCUT2D eigenvalue weighted by atomic mass is 16.1. The second-order valence-electron chi connectivity index (χ2n) is 4.31. The third-order valence-corrected chi connectivity index (χ3v) is 2.91. The predicted octanol–water partition coefficient (Wildman–Crippen LogP) is 0.498. The fourth-order valence-corrected chi connectivity index (χ4v) is 1.93. The Bertz CT molecular complexity index is 403. The van der Waals surface area contributed by atoms with Gasteiger partial charge in [0.05, 0.1) is 5.56 Å². The topological polar surface area (TPSA) is 85.2 Å². The van der Waals surface area contributed by atoms with Gasteiger partial charge in [0.1, 0.15) is 5.82 Å². The molecule has 2 rings (SSSR count). The molecule has 1 saturated carbocycles. The molecule has 0 unspecified atom stereocenters. The molecule has 92 valence electrons. The molecule has 0 saturated heterocycles. The molecule has 5 heteroatoms. The fourth-order valence-electron chi connectivity index (χ4n) is 1.93. The predicted molar refractivity (Wildman–Crippen MR) is 66.8 cm³/mol. The van der Waals surface area contributed by atoms with Crippen LogP contribution in [-0.2, 0) is 0 Å². The molecule has 1 amide bonds. The normalized spacial score (nSPS) is 14.6. The van der Waals surface area contributed by atoms with E-state index in [-0.39, 0.29) is 0 Å². The van der Waals surface area contributed by atoms with Crippen molar-refractivity contribution in [2.45, 2.75) is 25.3 Å². The van der Waals surface area contributed by atoms with E-state index in [0.717, 1.165) is 25.8 Å². The number of aromatic nitrogens is 1. The summed E-state index contributed by atoms with van der Waals surface area (Å²) in [5.74, 6) is 0.280. The molecule has 4 N–H and O–H groups in total. The molecule has 1 heterocycles. The van der Waals surface area contributed by atoms with Crippen LogP contribution in [-0.4, -0.2) is 30.0 Å². The van der Waals surface area contributed by atoms with Gasteiger partial charge in [-0.05, 0) is 37.9 Å². The Balaban J connectivity index is 2.25. The lowest BCUT2D eigenvalue weighted by Crippen LogP contribution is -2.31. The van der Waals surface area contributed by atoms with Crippen LogP contribution in [0.4, 0.5) is 5.82 Å². The van der Waals surface area contributed by atoms with Crippen LogP contribution in [0.25, 0.3) is 0 Å². The summed E-state index contributed by atoms with van der Waals surface area (Å²) >= 11 is 0. The van der Waals surface area contributed by atoms with Gasteiger partial charge in [-0.2, -0.15) is 0 Å². The fraction of sp³-hybridized carbons (Fsp3) is 0.500. The van der Waals surface area contributed by atoms with E-state index in [1.807, 2.05) is 0 Å². The van der Waals surface area contributed by atoms with E-state index in [4.69, 9.17) is 11.5 Å². The molecule has 1 fully saturated rings. The van der Waals surface area contributed by atoms with E-state index >= 15 is 0 Å². The largest absolute Gasteiger partial charge is 0.365 e. The molecule has 0 atom stereocenters. The molecule has 1 aromatic rings. The van der Waals surface area contributed by atoms with E-state index in [2.05, 4.69) is 9.88 Å². The number of carbonyl (C=O) groups excluding carboxylic acids is 1. The van der Waals surface area contributed by atoms with Crippen molar-refractivity contribution in [3.63, 3.8) is 0 Å². The van der Waals surface area contributed by atoms with Crippen LogP contribution < -0.4 is 16.4 Å². The number of anilines is 1. The monoisotopic (exact) mass is 234 g/mol. The summed E-state index contributed by atoms with van der Waals surface area (Å²) in [5, 5.41) is 0. The van der Waals surface area contributed by atoms with Gasteiger partial charge in [-0.1, -0.05) is 0 Å². The van der Waals surface area contributed by atoms with Gasteiger partial charge in [-0.3, -0.25) is 4.79 Å². The highest BCUT2D eigenvalue weighted by Crippen LogP contribution is 2.32. The summed E-state index contributed by atoms with van der Waals surface area (Å²) in [6.07, 6.45) is 4.89. The summed E-state index contributed by atoms with van der Waals surface area (Å²) in [7, 11) is 0.